The Bertz CT molecular complexity index is 1080. The topological polar surface area (TPSA) is 92.5 Å². The van der Waals surface area contributed by atoms with Gasteiger partial charge in [-0.05, 0) is 18.2 Å². The highest BCUT2D eigenvalue weighted by molar-refractivity contribution is 6.15. The molecule has 0 spiro atoms. The molecule has 2 heterocycles. The Morgan fingerprint density at radius 3 is 2.45 bits per heavy atom. The summed E-state index contributed by atoms with van der Waals surface area (Å²) in [5, 5.41) is 5.14. The number of nitrogens with zero attached hydrogens (tertiary/aromatic N) is 3. The maximum atomic E-state index is 13.2. The van der Waals surface area contributed by atoms with Crippen LogP contribution in [0.15, 0.2) is 36.5 Å². The third-order valence-corrected chi connectivity index (χ3v) is 4.84. The lowest BCUT2D eigenvalue weighted by molar-refractivity contribution is -0.127. The first-order chi connectivity index (χ1) is 14.7. The second-order valence-corrected chi connectivity index (χ2v) is 8.12. The number of methoxy groups -OCH3 is 2. The zero-order valence-corrected chi connectivity index (χ0v) is 18.5. The van der Waals surface area contributed by atoms with Gasteiger partial charge in [0.1, 0.15) is 24.6 Å². The van der Waals surface area contributed by atoms with Crippen molar-refractivity contribution in [2.24, 2.45) is 5.41 Å². The maximum absolute atomic E-state index is 13.2. The summed E-state index contributed by atoms with van der Waals surface area (Å²) in [6.45, 7) is 6.45. The number of pyridine rings is 1. The van der Waals surface area contributed by atoms with E-state index in [0.29, 0.717) is 41.3 Å². The molecule has 0 fully saturated rings. The molecule has 0 saturated heterocycles. The van der Waals surface area contributed by atoms with Crippen molar-refractivity contribution < 1.29 is 23.8 Å². The fraction of sp³-hybridized carbons (Fsp3) is 0.391. The Balaban J connectivity index is 1.95. The number of ether oxygens (including phenoxy) is 3. The molecule has 8 nitrogen and oxygen atoms in total. The molecule has 3 aromatic rings. The van der Waals surface area contributed by atoms with Crippen LogP contribution in [0.2, 0.25) is 0 Å². The molecule has 0 radical (unpaired) electrons. The molecule has 0 atom stereocenters. The molecule has 8 heteroatoms. The molecule has 0 amide bonds. The molecule has 0 N–H and O–H groups in total. The van der Waals surface area contributed by atoms with Crippen LogP contribution < -0.4 is 9.47 Å². The Hall–Kier alpha value is -3.26. The molecule has 31 heavy (non-hydrogen) atoms. The number of hydrogen-bond acceptors (Lipinski definition) is 7. The monoisotopic (exact) mass is 425 g/mol. The molecule has 0 unspecified atom stereocenters. The fourth-order valence-electron chi connectivity index (χ4n) is 2.91. The lowest BCUT2D eigenvalue weighted by Gasteiger charge is -2.16. The summed E-state index contributed by atoms with van der Waals surface area (Å²) in [5.74, 6) is 0.755. The average Bonchev–Trinajstić information content (AvgIpc) is 3.10. The van der Waals surface area contributed by atoms with Crippen LogP contribution >= 0.6 is 0 Å². The van der Waals surface area contributed by atoms with Crippen molar-refractivity contribution in [3.05, 3.63) is 47.8 Å². The van der Waals surface area contributed by atoms with Crippen LogP contribution in [-0.4, -0.2) is 53.8 Å². The largest absolute Gasteiger partial charge is 0.497 e. The predicted octanol–water partition coefficient (Wildman–Crippen LogP) is 3.31. The summed E-state index contributed by atoms with van der Waals surface area (Å²) >= 11 is 0. The van der Waals surface area contributed by atoms with E-state index in [2.05, 4.69) is 10.1 Å². The number of aromatic nitrogens is 3. The number of carbonyl (C=O) groups is 2. The Morgan fingerprint density at radius 1 is 1.06 bits per heavy atom. The molecular weight excluding hydrogens is 398 g/mol. The second-order valence-electron chi connectivity index (χ2n) is 8.12. The van der Waals surface area contributed by atoms with Gasteiger partial charge in [0.25, 0.3) is 0 Å². The van der Waals surface area contributed by atoms with Crippen LogP contribution in [0.3, 0.4) is 0 Å². The zero-order valence-electron chi connectivity index (χ0n) is 18.5. The minimum atomic E-state index is -0.524. The molecule has 0 aliphatic heterocycles. The number of ketones is 2. The number of fused-ring (bicyclic) bond motifs is 1. The Labute approximate surface area is 181 Å². The molecule has 0 saturated carbocycles. The van der Waals surface area contributed by atoms with Crippen LogP contribution in [0.25, 0.3) is 10.9 Å². The summed E-state index contributed by atoms with van der Waals surface area (Å²) in [5.41, 5.74) is 0.773. The summed E-state index contributed by atoms with van der Waals surface area (Å²) in [6, 6.07) is 8.60. The molecule has 0 bridgehead atoms. The highest BCUT2D eigenvalue weighted by atomic mass is 16.5. The highest BCUT2D eigenvalue weighted by Crippen LogP contribution is 2.27. The van der Waals surface area contributed by atoms with Crippen molar-refractivity contribution in [1.29, 1.82) is 0 Å². The van der Waals surface area contributed by atoms with Crippen molar-refractivity contribution in [2.45, 2.75) is 27.3 Å². The molecular formula is C23H27N3O5. The van der Waals surface area contributed by atoms with Crippen molar-refractivity contribution >= 4 is 22.5 Å². The van der Waals surface area contributed by atoms with Gasteiger partial charge in [-0.2, -0.15) is 5.10 Å². The highest BCUT2D eigenvalue weighted by Gasteiger charge is 2.25. The van der Waals surface area contributed by atoms with Gasteiger partial charge in [0.2, 0.25) is 11.7 Å². The van der Waals surface area contributed by atoms with E-state index in [4.69, 9.17) is 14.2 Å². The van der Waals surface area contributed by atoms with Gasteiger partial charge in [-0.3, -0.25) is 14.3 Å². The van der Waals surface area contributed by atoms with Crippen molar-refractivity contribution in [3.8, 4) is 11.6 Å². The van der Waals surface area contributed by atoms with Gasteiger partial charge in [0, 0.05) is 41.8 Å². The third kappa shape index (κ3) is 5.08. The van der Waals surface area contributed by atoms with Crippen LogP contribution in [-0.2, 0) is 16.1 Å². The minimum absolute atomic E-state index is 0.0120. The third-order valence-electron chi connectivity index (χ3n) is 4.84. The summed E-state index contributed by atoms with van der Waals surface area (Å²) < 4.78 is 17.3. The Kier molecular flexibility index (Phi) is 6.70. The Morgan fingerprint density at radius 2 is 1.84 bits per heavy atom. The molecule has 0 aliphatic carbocycles. The van der Waals surface area contributed by atoms with E-state index in [9.17, 15) is 9.59 Å². The molecule has 1 aromatic carbocycles. The minimum Gasteiger partial charge on any atom is -0.497 e. The molecule has 0 aliphatic rings. The number of benzene rings is 1. The van der Waals surface area contributed by atoms with Crippen molar-refractivity contribution in [2.75, 3.05) is 27.4 Å². The summed E-state index contributed by atoms with van der Waals surface area (Å²) in [4.78, 5) is 30.0. The van der Waals surface area contributed by atoms with Gasteiger partial charge in [-0.15, -0.1) is 0 Å². The van der Waals surface area contributed by atoms with Crippen molar-refractivity contribution in [3.63, 3.8) is 0 Å². The van der Waals surface area contributed by atoms with Gasteiger partial charge in [0.05, 0.1) is 19.2 Å². The van der Waals surface area contributed by atoms with Gasteiger partial charge in [-0.25, -0.2) is 4.98 Å². The molecule has 2 aromatic heterocycles. The standard InChI is InChI=1S/C23H27N3O5/c1-23(2,3)19(27)14-26-18-12-16(30-5)7-8-17(18)21(25-26)22(28)15-6-9-20(24-13-15)31-11-10-29-4/h6-9,12-13H,10-11,14H2,1-5H3. The summed E-state index contributed by atoms with van der Waals surface area (Å²) in [7, 11) is 3.16. The number of hydrogen-bond donors (Lipinski definition) is 0. The van der Waals surface area contributed by atoms with E-state index in [1.54, 1.807) is 49.2 Å². The first-order valence-electron chi connectivity index (χ1n) is 9.95. The van der Waals surface area contributed by atoms with Gasteiger partial charge in [0.15, 0.2) is 5.78 Å². The van der Waals surface area contributed by atoms with E-state index in [-0.39, 0.29) is 23.8 Å². The summed E-state index contributed by atoms with van der Waals surface area (Å²) in [6.07, 6.45) is 1.46. The normalized spacial score (nSPS) is 11.5. The number of Topliss-reactive ketones (excluding diaryl/α,β-unsaturated/α-hetero) is 1. The lowest BCUT2D eigenvalue weighted by Crippen LogP contribution is -2.25. The van der Waals surface area contributed by atoms with Crippen molar-refractivity contribution in [1.82, 2.24) is 14.8 Å². The molecule has 3 rings (SSSR count). The van der Waals surface area contributed by atoms with Gasteiger partial charge < -0.3 is 14.2 Å². The predicted molar refractivity (Wildman–Crippen MR) is 116 cm³/mol. The first kappa shape index (κ1) is 22.4. The first-order valence-corrected chi connectivity index (χ1v) is 9.95. The van der Waals surface area contributed by atoms with Gasteiger partial charge >= 0.3 is 0 Å². The van der Waals surface area contributed by atoms with Crippen LogP contribution in [0.1, 0.15) is 36.8 Å². The smallest absolute Gasteiger partial charge is 0.215 e. The van der Waals surface area contributed by atoms with E-state index in [1.165, 1.54) is 6.20 Å². The second kappa shape index (κ2) is 9.26. The van der Waals surface area contributed by atoms with Crippen LogP contribution in [0.4, 0.5) is 0 Å². The van der Waals surface area contributed by atoms with E-state index < -0.39 is 5.41 Å². The number of carbonyl (C=O) groups excluding carboxylic acids is 2. The van der Waals surface area contributed by atoms with E-state index in [0.717, 1.165) is 0 Å². The SMILES string of the molecule is COCCOc1ccc(C(=O)c2nn(CC(=O)C(C)(C)C)c3cc(OC)ccc23)cn1. The lowest BCUT2D eigenvalue weighted by atomic mass is 9.91. The van der Waals surface area contributed by atoms with E-state index in [1.807, 2.05) is 20.8 Å². The van der Waals surface area contributed by atoms with Crippen LogP contribution in [0.5, 0.6) is 11.6 Å². The quantitative estimate of drug-likeness (QED) is 0.384. The fourth-order valence-corrected chi connectivity index (χ4v) is 2.91. The number of rotatable bonds is 9. The zero-order chi connectivity index (χ0) is 22.6. The maximum Gasteiger partial charge on any atom is 0.215 e. The van der Waals surface area contributed by atoms with E-state index >= 15 is 0 Å². The van der Waals surface area contributed by atoms with Crippen LogP contribution in [0, 0.1) is 5.41 Å². The molecule has 164 valence electrons. The van der Waals surface area contributed by atoms with Gasteiger partial charge in [-0.1, -0.05) is 20.8 Å². The average molecular weight is 425 g/mol.